The number of hydrogen-bond donors (Lipinski definition) is 5. The maximum Gasteiger partial charge on any atom is 0.466 e. The van der Waals surface area contributed by atoms with Crippen LogP contribution in [-0.2, 0) is 9.13 Å². The van der Waals surface area contributed by atoms with Crippen LogP contribution in [0.1, 0.15) is 6.42 Å². The summed E-state index contributed by atoms with van der Waals surface area (Å²) >= 11 is 0. The molecule has 0 rings (SSSR count). The third kappa shape index (κ3) is 7.20. The normalized spacial score (nSPS) is 15.5. The third-order valence-electron chi connectivity index (χ3n) is 2.72. The molecule has 0 fully saturated rings. The molecule has 0 unspecified atom stereocenters. The summed E-state index contributed by atoms with van der Waals surface area (Å²) in [5.41, 5.74) is 0. The molecule has 22 heteroatoms. The molecule has 0 bridgehead atoms. The van der Waals surface area contributed by atoms with E-state index >= 15 is 0 Å². The fraction of sp³-hybridized carbons (Fsp3) is 1.00. The molecule has 0 spiro atoms. The first kappa shape index (κ1) is 31.5. The van der Waals surface area contributed by atoms with E-state index in [0.29, 0.717) is 0 Å². The first-order chi connectivity index (χ1) is 12.5. The molecule has 5 N–H and O–H groups in total. The Bertz CT molecular complexity index is 671. The van der Waals surface area contributed by atoms with Crippen LogP contribution in [0, 0.1) is 0 Å². The van der Waals surface area contributed by atoms with E-state index < -0.39 is 63.8 Å². The van der Waals surface area contributed by atoms with E-state index in [9.17, 15) is 61.6 Å². The van der Waals surface area contributed by atoms with Crippen LogP contribution in [0.2, 0.25) is 0 Å². The average molecular weight is 526 g/mol. The highest BCUT2D eigenvalue weighted by atomic mass is 31.2. The zero-order valence-electron chi connectivity index (χ0n) is 13.3. The molecule has 30 heavy (non-hydrogen) atoms. The number of halogens is 13. The molecular formula is C8H9F13O7P2. The summed E-state index contributed by atoms with van der Waals surface area (Å²) in [5, 5.41) is 0. The molecule has 0 aromatic rings. The smallest absolute Gasteiger partial charge is 0.324 e. The molecule has 0 saturated heterocycles. The quantitative estimate of drug-likeness (QED) is 0.254. The van der Waals surface area contributed by atoms with Gasteiger partial charge in [0.1, 0.15) is 0 Å². The summed E-state index contributed by atoms with van der Waals surface area (Å²) in [4.78, 5) is 37.9. The van der Waals surface area contributed by atoms with Gasteiger partial charge in [0.15, 0.2) is 0 Å². The SMILES string of the molecule is O=P(O)(O)CCC(F)(F)C(F)(F)C(F)(F)C(F)(F)C(F)(F)C(F)(F)F.O=P(O)(O)O. The second kappa shape index (κ2) is 8.71. The summed E-state index contributed by atoms with van der Waals surface area (Å²) < 4.78 is 183. The monoisotopic (exact) mass is 526 g/mol. The van der Waals surface area contributed by atoms with Crippen molar-refractivity contribution in [2.75, 3.05) is 6.16 Å². The minimum absolute atomic E-state index is 2.27. The number of alkyl halides is 13. The Morgan fingerprint density at radius 1 is 0.533 bits per heavy atom. The molecule has 0 saturated carbocycles. The van der Waals surface area contributed by atoms with Crippen molar-refractivity contribution in [1.82, 2.24) is 0 Å². The highest BCUT2D eigenvalue weighted by Crippen LogP contribution is 2.61. The lowest BCUT2D eigenvalue weighted by molar-refractivity contribution is -0.439. The van der Waals surface area contributed by atoms with Crippen molar-refractivity contribution in [3.8, 4) is 0 Å². The van der Waals surface area contributed by atoms with Crippen LogP contribution >= 0.6 is 15.4 Å². The van der Waals surface area contributed by atoms with Crippen LogP contribution < -0.4 is 0 Å². The molecule has 0 amide bonds. The van der Waals surface area contributed by atoms with Gasteiger partial charge in [-0.2, -0.15) is 57.1 Å². The van der Waals surface area contributed by atoms with E-state index in [2.05, 4.69) is 0 Å². The van der Waals surface area contributed by atoms with Gasteiger partial charge in [0, 0.05) is 6.42 Å². The van der Waals surface area contributed by atoms with Gasteiger partial charge < -0.3 is 24.5 Å². The molecule has 0 aliphatic heterocycles. The van der Waals surface area contributed by atoms with Crippen LogP contribution in [-0.4, -0.2) is 66.4 Å². The molecule has 0 aliphatic carbocycles. The first-order valence-corrected chi connectivity index (χ1v) is 9.60. The lowest BCUT2D eigenvalue weighted by Gasteiger charge is -2.39. The molecule has 0 heterocycles. The molecule has 184 valence electrons. The van der Waals surface area contributed by atoms with Gasteiger partial charge in [-0.15, -0.1) is 0 Å². The Kier molecular flexibility index (Phi) is 9.15. The zero-order chi connectivity index (χ0) is 25.4. The highest BCUT2D eigenvalue weighted by molar-refractivity contribution is 7.51. The maximum absolute atomic E-state index is 13.0. The first-order valence-electron chi connectivity index (χ1n) is 6.24. The largest absolute Gasteiger partial charge is 0.466 e. The van der Waals surface area contributed by atoms with Gasteiger partial charge in [-0.25, -0.2) is 4.57 Å². The van der Waals surface area contributed by atoms with Gasteiger partial charge >= 0.3 is 51.2 Å². The number of phosphoric acid groups is 1. The highest BCUT2D eigenvalue weighted by Gasteiger charge is 2.90. The Morgan fingerprint density at radius 2 is 0.800 bits per heavy atom. The fourth-order valence-corrected chi connectivity index (χ4v) is 1.82. The Morgan fingerprint density at radius 3 is 1.03 bits per heavy atom. The second-order valence-corrected chi connectivity index (χ2v) is 7.95. The van der Waals surface area contributed by atoms with E-state index in [-0.39, 0.29) is 0 Å². The minimum atomic E-state index is -8.02. The summed E-state index contributed by atoms with van der Waals surface area (Å²) in [6, 6.07) is 0. The number of rotatable bonds is 7. The number of hydrogen-bond acceptors (Lipinski definition) is 2. The topological polar surface area (TPSA) is 135 Å². The van der Waals surface area contributed by atoms with Gasteiger partial charge in [0.05, 0.1) is 6.16 Å². The third-order valence-corrected chi connectivity index (χ3v) is 3.52. The van der Waals surface area contributed by atoms with Crippen LogP contribution in [0.5, 0.6) is 0 Å². The predicted octanol–water partition coefficient (Wildman–Crippen LogP) is 3.36. The standard InChI is InChI=1S/C8H6F13O3P.H3O4P/c9-3(10,1-2-25(22,23)24)4(11,12)5(13,14)6(15,16)7(17,18)8(19,20)21;1-5(2,3)4/h1-2H2,(H2,22,23,24);(H3,1,2,3,4). The van der Waals surface area contributed by atoms with Crippen molar-refractivity contribution in [1.29, 1.82) is 0 Å². The van der Waals surface area contributed by atoms with Gasteiger partial charge in [-0.05, 0) is 0 Å². The van der Waals surface area contributed by atoms with E-state index in [4.69, 9.17) is 29.0 Å². The van der Waals surface area contributed by atoms with Crippen molar-refractivity contribution in [3.05, 3.63) is 0 Å². The molecule has 0 aromatic heterocycles. The van der Waals surface area contributed by atoms with Crippen LogP contribution in [0.15, 0.2) is 0 Å². The zero-order valence-corrected chi connectivity index (χ0v) is 15.1. The van der Waals surface area contributed by atoms with Crippen molar-refractivity contribution in [2.24, 2.45) is 0 Å². The molecular weight excluding hydrogens is 517 g/mol. The summed E-state index contributed by atoms with van der Waals surface area (Å²) in [6.45, 7) is 0. The molecule has 0 aliphatic rings. The van der Waals surface area contributed by atoms with Gasteiger partial charge in [0.2, 0.25) is 0 Å². The molecule has 0 atom stereocenters. The molecule has 7 nitrogen and oxygen atoms in total. The van der Waals surface area contributed by atoms with E-state index in [1.165, 1.54) is 0 Å². The maximum atomic E-state index is 13.0. The summed E-state index contributed by atoms with van der Waals surface area (Å²) in [5.74, 6) is -37.8. The van der Waals surface area contributed by atoms with Crippen LogP contribution in [0.4, 0.5) is 57.1 Å². The van der Waals surface area contributed by atoms with E-state index in [1.54, 1.807) is 0 Å². The molecule has 0 radical (unpaired) electrons. The molecule has 0 aromatic carbocycles. The van der Waals surface area contributed by atoms with Crippen molar-refractivity contribution in [2.45, 2.75) is 42.2 Å². The Balaban J connectivity index is 0. The van der Waals surface area contributed by atoms with Crippen molar-refractivity contribution in [3.63, 3.8) is 0 Å². The fourth-order valence-electron chi connectivity index (χ4n) is 1.25. The minimum Gasteiger partial charge on any atom is -0.324 e. The van der Waals surface area contributed by atoms with Crippen LogP contribution in [0.3, 0.4) is 0 Å². The van der Waals surface area contributed by atoms with Gasteiger partial charge in [-0.1, -0.05) is 0 Å². The van der Waals surface area contributed by atoms with Crippen molar-refractivity contribution >= 4 is 15.4 Å². The van der Waals surface area contributed by atoms with Crippen molar-refractivity contribution < 1.29 is 90.7 Å². The lowest BCUT2D eigenvalue weighted by atomic mass is 9.93. The lowest BCUT2D eigenvalue weighted by Crippen LogP contribution is -2.70. The predicted molar refractivity (Wildman–Crippen MR) is 66.6 cm³/mol. The van der Waals surface area contributed by atoms with E-state index in [1.807, 2.05) is 0 Å². The Hall–Kier alpha value is -0.650. The van der Waals surface area contributed by atoms with Gasteiger partial charge in [-0.3, -0.25) is 4.57 Å². The average Bonchev–Trinajstić information content (AvgIpc) is 2.40. The summed E-state index contributed by atoms with van der Waals surface area (Å²) in [7, 11) is -10.2. The van der Waals surface area contributed by atoms with Gasteiger partial charge in [0.25, 0.3) is 0 Å². The second-order valence-electron chi connectivity index (χ2n) is 5.15. The summed E-state index contributed by atoms with van der Waals surface area (Å²) in [6.07, 6.45) is -12.7. The Labute approximate surface area is 155 Å². The van der Waals surface area contributed by atoms with E-state index in [0.717, 1.165) is 0 Å². The van der Waals surface area contributed by atoms with Crippen LogP contribution in [0.25, 0.3) is 0 Å².